The number of piperidine rings is 1. The minimum absolute atomic E-state index is 0. The van der Waals surface area contributed by atoms with Gasteiger partial charge in [0.1, 0.15) is 0 Å². The summed E-state index contributed by atoms with van der Waals surface area (Å²) in [7, 11) is 0. The molecule has 5 nitrogen and oxygen atoms in total. The van der Waals surface area contributed by atoms with Crippen LogP contribution in [0.25, 0.3) is 0 Å². The third-order valence-corrected chi connectivity index (χ3v) is 7.45. The van der Waals surface area contributed by atoms with Crippen LogP contribution in [0.15, 0.2) is 30.3 Å². The monoisotopic (exact) mass is 433 g/mol. The first-order valence-corrected chi connectivity index (χ1v) is 11.5. The van der Waals surface area contributed by atoms with Crippen LogP contribution in [0, 0.1) is 17.8 Å². The number of fused-ring (bicyclic) bond motifs is 2. The highest BCUT2D eigenvalue weighted by molar-refractivity contribution is 5.85. The number of aryl methyl sites for hydroxylation is 1. The zero-order chi connectivity index (χ0) is 20.2. The van der Waals surface area contributed by atoms with Gasteiger partial charge in [0.25, 0.3) is 0 Å². The Bertz CT molecular complexity index is 692. The van der Waals surface area contributed by atoms with Crippen molar-refractivity contribution < 1.29 is 9.59 Å². The molecule has 3 aliphatic rings. The van der Waals surface area contributed by atoms with Gasteiger partial charge in [-0.2, -0.15) is 0 Å². The number of likely N-dealkylation sites (tertiary alicyclic amines) is 1. The smallest absolute Gasteiger partial charge is 0.223 e. The Morgan fingerprint density at radius 3 is 2.27 bits per heavy atom. The Balaban J connectivity index is 0.00000256. The van der Waals surface area contributed by atoms with E-state index in [-0.39, 0.29) is 36.2 Å². The Kier molecular flexibility index (Phi) is 8.18. The van der Waals surface area contributed by atoms with Crippen molar-refractivity contribution in [3.63, 3.8) is 0 Å². The van der Waals surface area contributed by atoms with Crippen molar-refractivity contribution in [2.45, 2.75) is 69.9 Å². The fourth-order valence-electron chi connectivity index (χ4n) is 5.65. The van der Waals surface area contributed by atoms with Crippen molar-refractivity contribution in [1.82, 2.24) is 10.2 Å². The summed E-state index contributed by atoms with van der Waals surface area (Å²) in [6.07, 6.45) is 8.64. The van der Waals surface area contributed by atoms with Crippen LogP contribution in [0.1, 0.15) is 56.9 Å². The zero-order valence-corrected chi connectivity index (χ0v) is 18.6. The lowest BCUT2D eigenvalue weighted by Crippen LogP contribution is -2.52. The summed E-state index contributed by atoms with van der Waals surface area (Å²) in [6.45, 7) is 1.50. The molecular formula is C24H36ClN3O2. The molecule has 2 atom stereocenters. The number of carbonyl (C=O) groups excluding carboxylic acids is 2. The maximum absolute atomic E-state index is 12.8. The van der Waals surface area contributed by atoms with Crippen molar-refractivity contribution in [1.29, 1.82) is 0 Å². The van der Waals surface area contributed by atoms with Crippen LogP contribution in [-0.4, -0.2) is 41.9 Å². The quantitative estimate of drug-likeness (QED) is 0.748. The number of carbonyl (C=O) groups is 2. The third-order valence-electron chi connectivity index (χ3n) is 7.45. The van der Waals surface area contributed by atoms with Crippen LogP contribution in [0.2, 0.25) is 0 Å². The minimum atomic E-state index is 0. The molecule has 3 N–H and O–H groups in total. The molecule has 2 amide bonds. The molecule has 1 heterocycles. The number of rotatable bonds is 5. The first-order chi connectivity index (χ1) is 14.1. The molecule has 30 heavy (non-hydrogen) atoms. The number of halogens is 1. The van der Waals surface area contributed by atoms with Gasteiger partial charge in [-0.1, -0.05) is 36.8 Å². The van der Waals surface area contributed by atoms with E-state index in [2.05, 4.69) is 17.4 Å². The maximum Gasteiger partial charge on any atom is 0.223 e. The van der Waals surface area contributed by atoms with Crippen LogP contribution >= 0.6 is 12.4 Å². The molecule has 6 heteroatoms. The number of nitrogens with zero attached hydrogens (tertiary/aromatic N) is 1. The minimum Gasteiger partial charge on any atom is -0.353 e. The van der Waals surface area contributed by atoms with E-state index in [1.165, 1.54) is 24.8 Å². The predicted octanol–water partition coefficient (Wildman–Crippen LogP) is 3.30. The molecule has 3 fully saturated rings. The molecular weight excluding hydrogens is 398 g/mol. The normalized spacial score (nSPS) is 29.0. The molecule has 2 saturated carbocycles. The van der Waals surface area contributed by atoms with Crippen LogP contribution in [0.3, 0.4) is 0 Å². The number of nitrogens with one attached hydrogen (secondary N) is 1. The topological polar surface area (TPSA) is 75.4 Å². The summed E-state index contributed by atoms with van der Waals surface area (Å²) < 4.78 is 0. The molecule has 166 valence electrons. The Morgan fingerprint density at radius 2 is 1.63 bits per heavy atom. The highest BCUT2D eigenvalue weighted by Gasteiger charge is 2.41. The van der Waals surface area contributed by atoms with E-state index in [0.717, 1.165) is 45.2 Å². The number of amides is 2. The summed E-state index contributed by atoms with van der Waals surface area (Å²) >= 11 is 0. The van der Waals surface area contributed by atoms with Gasteiger partial charge in [-0.3, -0.25) is 9.59 Å². The third kappa shape index (κ3) is 5.55. The second-order valence-electron chi connectivity index (χ2n) is 9.35. The van der Waals surface area contributed by atoms with E-state index in [0.29, 0.717) is 24.3 Å². The van der Waals surface area contributed by atoms with Gasteiger partial charge in [0.05, 0.1) is 0 Å². The molecule has 2 aliphatic carbocycles. The first kappa shape index (κ1) is 23.1. The van der Waals surface area contributed by atoms with Crippen molar-refractivity contribution in [3.05, 3.63) is 35.9 Å². The Morgan fingerprint density at radius 1 is 1.00 bits per heavy atom. The average molecular weight is 434 g/mol. The van der Waals surface area contributed by atoms with Crippen molar-refractivity contribution in [2.24, 2.45) is 23.5 Å². The van der Waals surface area contributed by atoms with Gasteiger partial charge < -0.3 is 16.0 Å². The predicted molar refractivity (Wildman–Crippen MR) is 121 cm³/mol. The zero-order valence-electron chi connectivity index (χ0n) is 17.8. The standard InChI is InChI=1S/C24H35N3O2.ClH/c25-23-18-7-4-8-19(23)16-20(15-18)24(29)26-21-11-13-27(14-12-21)22(28)10-9-17-5-2-1-3-6-17;/h1-3,5-6,18-21,23H,4,7-16,25H2,(H,26,29);1H. The fraction of sp³-hybridized carbons (Fsp3) is 0.667. The number of hydrogen-bond donors (Lipinski definition) is 2. The molecule has 1 saturated heterocycles. The molecule has 1 aromatic rings. The van der Waals surface area contributed by atoms with Crippen molar-refractivity contribution in [3.8, 4) is 0 Å². The molecule has 0 aromatic heterocycles. The van der Waals surface area contributed by atoms with E-state index in [1.54, 1.807) is 0 Å². The van der Waals surface area contributed by atoms with Crippen molar-refractivity contribution in [2.75, 3.05) is 13.1 Å². The van der Waals surface area contributed by atoms with E-state index < -0.39 is 0 Å². The molecule has 1 aliphatic heterocycles. The SMILES string of the molecule is Cl.NC1C2CCCC1CC(C(=O)NC1CCN(C(=O)CCc3ccccc3)CC1)C2. The van der Waals surface area contributed by atoms with E-state index >= 15 is 0 Å². The van der Waals surface area contributed by atoms with Crippen LogP contribution in [0.5, 0.6) is 0 Å². The Hall–Kier alpha value is -1.59. The number of nitrogens with two attached hydrogens (primary N) is 1. The molecule has 0 spiro atoms. The molecule has 1 aromatic carbocycles. The fourth-order valence-corrected chi connectivity index (χ4v) is 5.65. The van der Waals surface area contributed by atoms with Gasteiger partial charge >= 0.3 is 0 Å². The molecule has 0 radical (unpaired) electrons. The van der Waals surface area contributed by atoms with Gasteiger partial charge in [0, 0.05) is 37.5 Å². The first-order valence-electron chi connectivity index (χ1n) is 11.5. The Labute approximate surface area is 186 Å². The highest BCUT2D eigenvalue weighted by atomic mass is 35.5. The molecule has 4 rings (SSSR count). The summed E-state index contributed by atoms with van der Waals surface area (Å²) in [5.74, 6) is 1.65. The van der Waals surface area contributed by atoms with Gasteiger partial charge in [0.2, 0.25) is 11.8 Å². The lowest BCUT2D eigenvalue weighted by Gasteiger charge is -2.44. The highest BCUT2D eigenvalue weighted by Crippen LogP contribution is 2.42. The molecule has 2 bridgehead atoms. The second kappa shape index (κ2) is 10.6. The van der Waals surface area contributed by atoms with Crippen LogP contribution < -0.4 is 11.1 Å². The lowest BCUT2D eigenvalue weighted by atomic mass is 9.65. The summed E-state index contributed by atoms with van der Waals surface area (Å²) in [4.78, 5) is 27.3. The van der Waals surface area contributed by atoms with Gasteiger partial charge in [-0.05, 0) is 62.3 Å². The summed E-state index contributed by atoms with van der Waals surface area (Å²) in [5, 5.41) is 3.29. The van der Waals surface area contributed by atoms with Crippen LogP contribution in [-0.2, 0) is 16.0 Å². The van der Waals surface area contributed by atoms with Gasteiger partial charge in [-0.25, -0.2) is 0 Å². The largest absolute Gasteiger partial charge is 0.353 e. The second-order valence-corrected chi connectivity index (χ2v) is 9.35. The summed E-state index contributed by atoms with van der Waals surface area (Å²) in [6, 6.07) is 10.7. The summed E-state index contributed by atoms with van der Waals surface area (Å²) in [5.41, 5.74) is 7.58. The van der Waals surface area contributed by atoms with E-state index in [9.17, 15) is 9.59 Å². The average Bonchev–Trinajstić information content (AvgIpc) is 2.73. The molecule has 2 unspecified atom stereocenters. The van der Waals surface area contributed by atoms with Gasteiger partial charge in [-0.15, -0.1) is 12.4 Å². The number of benzene rings is 1. The van der Waals surface area contributed by atoms with Crippen molar-refractivity contribution >= 4 is 24.2 Å². The van der Waals surface area contributed by atoms with Gasteiger partial charge in [0.15, 0.2) is 0 Å². The van der Waals surface area contributed by atoms with E-state index in [4.69, 9.17) is 5.73 Å². The number of hydrogen-bond acceptors (Lipinski definition) is 3. The van der Waals surface area contributed by atoms with E-state index in [1.807, 2.05) is 23.1 Å². The van der Waals surface area contributed by atoms with Crippen LogP contribution in [0.4, 0.5) is 0 Å². The lowest BCUT2D eigenvalue weighted by molar-refractivity contribution is -0.132. The maximum atomic E-state index is 12.8.